The quantitative estimate of drug-likeness (QED) is 0.622. The van der Waals surface area contributed by atoms with Gasteiger partial charge in [-0.15, -0.1) is 0 Å². The Morgan fingerprint density at radius 3 is 2.46 bits per heavy atom. The van der Waals surface area contributed by atoms with E-state index >= 15 is 0 Å². The second-order valence-electron chi connectivity index (χ2n) is 6.69. The summed E-state index contributed by atoms with van der Waals surface area (Å²) < 4.78 is 5.25. The van der Waals surface area contributed by atoms with Gasteiger partial charge in [0.15, 0.2) is 12.3 Å². The molecule has 1 aliphatic heterocycles. The van der Waals surface area contributed by atoms with Gasteiger partial charge >= 0.3 is 5.54 Å². The van der Waals surface area contributed by atoms with Crippen LogP contribution in [-0.4, -0.2) is 41.1 Å². The molecule has 8 heteroatoms. The maximum Gasteiger partial charge on any atom is 0.331 e. The third kappa shape index (κ3) is 2.52. The molecule has 1 aromatic rings. The number of nitro groups is 2. The van der Waals surface area contributed by atoms with Crippen molar-refractivity contribution in [2.45, 2.75) is 30.5 Å². The van der Waals surface area contributed by atoms with E-state index in [4.69, 9.17) is 4.74 Å². The first kappa shape index (κ1) is 16.4. The highest BCUT2D eigenvalue weighted by Gasteiger charge is 2.69. The molecule has 1 aromatic carbocycles. The van der Waals surface area contributed by atoms with Crippen molar-refractivity contribution in [3.63, 3.8) is 0 Å². The normalized spacial score (nSPS) is 31.9. The summed E-state index contributed by atoms with van der Waals surface area (Å²) in [6, 6.07) is 9.55. The summed E-state index contributed by atoms with van der Waals surface area (Å²) in [6.07, 6.45) is 1.59. The first-order valence-corrected chi connectivity index (χ1v) is 7.83. The predicted molar refractivity (Wildman–Crippen MR) is 84.6 cm³/mol. The van der Waals surface area contributed by atoms with Gasteiger partial charge in [-0.2, -0.15) is 0 Å². The van der Waals surface area contributed by atoms with Crippen LogP contribution in [0.1, 0.15) is 18.4 Å². The second-order valence-corrected chi connectivity index (χ2v) is 6.69. The smallest absolute Gasteiger partial charge is 0.331 e. The predicted octanol–water partition coefficient (Wildman–Crippen LogP) is 0.440. The minimum atomic E-state index is -1.53. The maximum absolute atomic E-state index is 11.9. The van der Waals surface area contributed by atoms with E-state index in [-0.39, 0.29) is 36.6 Å². The minimum Gasteiger partial charge on any atom is -0.494 e. The van der Waals surface area contributed by atoms with Crippen molar-refractivity contribution in [2.75, 3.05) is 20.2 Å². The van der Waals surface area contributed by atoms with E-state index in [1.54, 1.807) is 0 Å². The third-order valence-electron chi connectivity index (χ3n) is 5.12. The Morgan fingerprint density at radius 2 is 1.88 bits per heavy atom. The number of fused-ring (bicyclic) bond motifs is 2. The summed E-state index contributed by atoms with van der Waals surface area (Å²) in [7, 11) is 1.39. The number of likely N-dealkylation sites (tertiary alicyclic amines) is 1. The maximum atomic E-state index is 11.9. The van der Waals surface area contributed by atoms with Crippen LogP contribution in [0.25, 0.3) is 0 Å². The number of quaternary nitrogens is 1. The molecule has 1 fully saturated rings. The van der Waals surface area contributed by atoms with Crippen LogP contribution in [0, 0.1) is 20.2 Å². The Labute approximate surface area is 139 Å². The van der Waals surface area contributed by atoms with E-state index in [1.165, 1.54) is 13.2 Å². The largest absolute Gasteiger partial charge is 0.494 e. The molecule has 128 valence electrons. The number of nitrogens with one attached hydrogen (secondary N) is 1. The molecule has 1 heterocycles. The molecule has 0 spiro atoms. The molecule has 2 bridgehead atoms. The second kappa shape index (κ2) is 5.86. The third-order valence-corrected chi connectivity index (χ3v) is 5.12. The van der Waals surface area contributed by atoms with Crippen molar-refractivity contribution >= 4 is 0 Å². The van der Waals surface area contributed by atoms with E-state index < -0.39 is 16.0 Å². The summed E-state index contributed by atoms with van der Waals surface area (Å²) >= 11 is 0. The van der Waals surface area contributed by atoms with E-state index in [9.17, 15) is 20.2 Å². The van der Waals surface area contributed by atoms with Gasteiger partial charge in [-0.3, -0.25) is 20.2 Å². The van der Waals surface area contributed by atoms with Gasteiger partial charge in [-0.1, -0.05) is 30.3 Å². The summed E-state index contributed by atoms with van der Waals surface area (Å²) in [5, 5.41) is 23.6. The topological polar surface area (TPSA) is 100.0 Å². The van der Waals surface area contributed by atoms with Gasteiger partial charge in [-0.05, 0) is 6.08 Å². The standard InChI is InChI=1S/C16H19N3O5/c1-24-14-7-8-15(18(20)21)10-16(14,19(22)23)12-17(11-15)9-13-5-3-2-4-6-13/h2-7H,8-12H2,1H3/p+1. The number of ether oxygens (including phenoxy) is 1. The Balaban J connectivity index is 1.99. The summed E-state index contributed by atoms with van der Waals surface area (Å²) in [4.78, 5) is 23.7. The molecule has 2 aliphatic rings. The molecule has 8 nitrogen and oxygen atoms in total. The van der Waals surface area contributed by atoms with Gasteiger partial charge < -0.3 is 9.64 Å². The van der Waals surface area contributed by atoms with Gasteiger partial charge in [-0.25, -0.2) is 0 Å². The molecule has 3 unspecified atom stereocenters. The highest BCUT2D eigenvalue weighted by molar-refractivity contribution is 5.21. The van der Waals surface area contributed by atoms with Crippen LogP contribution >= 0.6 is 0 Å². The number of nitrogens with zero attached hydrogens (tertiary/aromatic N) is 2. The average molecular weight is 334 g/mol. The fraction of sp³-hybridized carbons (Fsp3) is 0.500. The molecule has 1 saturated heterocycles. The molecule has 0 amide bonds. The Morgan fingerprint density at radius 1 is 1.17 bits per heavy atom. The summed E-state index contributed by atoms with van der Waals surface area (Å²) in [5.41, 5.74) is -1.83. The highest BCUT2D eigenvalue weighted by atomic mass is 16.6. The highest BCUT2D eigenvalue weighted by Crippen LogP contribution is 2.40. The number of rotatable bonds is 5. The van der Waals surface area contributed by atoms with Crippen LogP contribution in [0.5, 0.6) is 0 Å². The lowest BCUT2D eigenvalue weighted by Crippen LogP contribution is -3.17. The van der Waals surface area contributed by atoms with Crippen LogP contribution in [0.4, 0.5) is 0 Å². The zero-order valence-electron chi connectivity index (χ0n) is 13.4. The molecule has 0 aromatic heterocycles. The number of methoxy groups -OCH3 is 1. The molecule has 24 heavy (non-hydrogen) atoms. The van der Waals surface area contributed by atoms with Crippen molar-refractivity contribution in [1.82, 2.24) is 0 Å². The zero-order valence-corrected chi connectivity index (χ0v) is 13.4. The van der Waals surface area contributed by atoms with Crippen LogP contribution in [-0.2, 0) is 11.3 Å². The fourth-order valence-corrected chi connectivity index (χ4v) is 4.11. The van der Waals surface area contributed by atoms with E-state index in [2.05, 4.69) is 0 Å². The van der Waals surface area contributed by atoms with Crippen molar-refractivity contribution in [3.05, 3.63) is 68.0 Å². The number of piperidine rings is 1. The number of benzene rings is 1. The van der Waals surface area contributed by atoms with Crippen LogP contribution in [0.2, 0.25) is 0 Å². The van der Waals surface area contributed by atoms with Gasteiger partial charge in [0.05, 0.1) is 7.11 Å². The van der Waals surface area contributed by atoms with Crippen molar-refractivity contribution in [3.8, 4) is 0 Å². The molecule has 0 radical (unpaired) electrons. The SMILES string of the molecule is COC1=CCC2([N+](=O)[O-])C[NH+](Cc3ccccc3)CC1([N+](=O)[O-])C2. The van der Waals surface area contributed by atoms with Crippen molar-refractivity contribution in [1.29, 1.82) is 0 Å². The molecule has 0 saturated carbocycles. The van der Waals surface area contributed by atoms with Gasteiger partial charge in [0.25, 0.3) is 5.54 Å². The van der Waals surface area contributed by atoms with Crippen molar-refractivity contribution in [2.24, 2.45) is 0 Å². The molecule has 1 N–H and O–H groups in total. The van der Waals surface area contributed by atoms with Gasteiger partial charge in [0.1, 0.15) is 19.5 Å². The number of hydrogen-bond acceptors (Lipinski definition) is 5. The summed E-state index contributed by atoms with van der Waals surface area (Å²) in [6.45, 7) is 0.977. The van der Waals surface area contributed by atoms with Crippen LogP contribution < -0.4 is 4.90 Å². The molecule has 3 rings (SSSR count). The molecular formula is C16H20N3O5+. The van der Waals surface area contributed by atoms with Crippen LogP contribution in [0.15, 0.2) is 42.2 Å². The summed E-state index contributed by atoms with van der Waals surface area (Å²) in [5.74, 6) is 0.246. The van der Waals surface area contributed by atoms with Gasteiger partial charge in [0, 0.05) is 21.8 Å². The first-order valence-electron chi connectivity index (χ1n) is 7.83. The van der Waals surface area contributed by atoms with Crippen LogP contribution in [0.3, 0.4) is 0 Å². The first-order chi connectivity index (χ1) is 11.4. The minimum absolute atomic E-state index is 0.113. The van der Waals surface area contributed by atoms with Crippen molar-refractivity contribution < 1.29 is 19.5 Å². The molecular weight excluding hydrogens is 314 g/mol. The molecule has 1 aliphatic carbocycles. The Bertz CT molecular complexity index is 692. The number of hydrogen-bond donors (Lipinski definition) is 1. The van der Waals surface area contributed by atoms with E-state index in [0.29, 0.717) is 6.54 Å². The van der Waals surface area contributed by atoms with E-state index in [0.717, 1.165) is 10.5 Å². The lowest BCUT2D eigenvalue weighted by atomic mass is 9.71. The Hall–Kier alpha value is -2.48. The lowest BCUT2D eigenvalue weighted by molar-refractivity contribution is -0.955. The monoisotopic (exact) mass is 334 g/mol. The van der Waals surface area contributed by atoms with Gasteiger partial charge in [0.2, 0.25) is 0 Å². The van der Waals surface area contributed by atoms with E-state index in [1.807, 2.05) is 30.3 Å². The Kier molecular flexibility index (Phi) is 4.00. The average Bonchev–Trinajstić information content (AvgIpc) is 2.55. The lowest BCUT2D eigenvalue weighted by Gasteiger charge is -2.43. The molecule has 3 atom stereocenters. The fourth-order valence-electron chi connectivity index (χ4n) is 4.11. The zero-order chi connectivity index (χ0) is 17.4.